The molecule has 0 aromatic rings. The molecule has 6 heteroatoms. The summed E-state index contributed by atoms with van der Waals surface area (Å²) in [7, 11) is 0. The van der Waals surface area contributed by atoms with Crippen LogP contribution in [0, 0.1) is 11.3 Å². The predicted octanol–water partition coefficient (Wildman–Crippen LogP) is 4.31. The van der Waals surface area contributed by atoms with E-state index in [1.165, 1.54) is 44.9 Å². The second kappa shape index (κ2) is 15.7. The van der Waals surface area contributed by atoms with Gasteiger partial charge in [-0.25, -0.2) is 4.79 Å². The predicted molar refractivity (Wildman–Crippen MR) is 110 cm³/mol. The Balaban J connectivity index is 4.41. The molecule has 0 amide bonds. The zero-order chi connectivity index (χ0) is 21.4. The van der Waals surface area contributed by atoms with Crippen molar-refractivity contribution in [3.05, 3.63) is 0 Å². The Kier molecular flexibility index (Phi) is 15.1. The van der Waals surface area contributed by atoms with Crippen LogP contribution in [0.3, 0.4) is 0 Å². The van der Waals surface area contributed by atoms with E-state index in [0.717, 1.165) is 19.3 Å². The lowest BCUT2D eigenvalue weighted by atomic mass is 9.71. The molecule has 0 spiro atoms. The van der Waals surface area contributed by atoms with Crippen LogP contribution < -0.4 is 0 Å². The van der Waals surface area contributed by atoms with E-state index in [1.54, 1.807) is 0 Å². The number of rotatable bonds is 18. The average molecular weight is 403 g/mol. The summed E-state index contributed by atoms with van der Waals surface area (Å²) in [5, 5.41) is 27.6. The number of ether oxygens (including phenoxy) is 1. The minimum atomic E-state index is -1.72. The molecule has 0 saturated heterocycles. The number of carboxylic acid groups (broad SMARTS) is 1. The van der Waals surface area contributed by atoms with Crippen LogP contribution in [0.2, 0.25) is 0 Å². The van der Waals surface area contributed by atoms with E-state index < -0.39 is 30.1 Å². The van der Waals surface area contributed by atoms with Crippen LogP contribution >= 0.6 is 0 Å². The highest BCUT2D eigenvalue weighted by molar-refractivity contribution is 5.78. The van der Waals surface area contributed by atoms with Crippen LogP contribution in [0.15, 0.2) is 0 Å². The molecular formula is C22H42O6. The van der Waals surface area contributed by atoms with Crippen LogP contribution in [0.4, 0.5) is 0 Å². The summed E-state index contributed by atoms with van der Waals surface area (Å²) in [6.45, 7) is 5.36. The average Bonchev–Trinajstić information content (AvgIpc) is 2.65. The Morgan fingerprint density at radius 3 is 1.82 bits per heavy atom. The Bertz CT molecular complexity index is 423. The van der Waals surface area contributed by atoms with Gasteiger partial charge in [0, 0.05) is 6.61 Å². The number of hydrogen-bond acceptors (Lipinski definition) is 5. The van der Waals surface area contributed by atoms with Crippen molar-refractivity contribution in [3.63, 3.8) is 0 Å². The highest BCUT2D eigenvalue weighted by Gasteiger charge is 2.42. The van der Waals surface area contributed by atoms with Gasteiger partial charge in [0.1, 0.15) is 6.61 Å². The standard InChI is InChI=1S/C22H42O6/c1-4-5-6-7-8-9-10-11-12-13-14-22(15-16-23,18(2)3)21(27)28-17-19(24)20(25)26/h18-19,23-24H,4-17H2,1-3H3,(H,25,26). The summed E-state index contributed by atoms with van der Waals surface area (Å²) in [4.78, 5) is 23.4. The highest BCUT2D eigenvalue weighted by atomic mass is 16.5. The Morgan fingerprint density at radius 2 is 1.39 bits per heavy atom. The minimum absolute atomic E-state index is 0.0484. The fraction of sp³-hybridized carbons (Fsp3) is 0.909. The van der Waals surface area contributed by atoms with Crippen molar-refractivity contribution in [1.29, 1.82) is 0 Å². The van der Waals surface area contributed by atoms with Gasteiger partial charge in [0.25, 0.3) is 0 Å². The second-order valence-electron chi connectivity index (χ2n) is 8.17. The number of aliphatic hydroxyl groups is 2. The molecule has 0 radical (unpaired) electrons. The third-order valence-electron chi connectivity index (χ3n) is 5.70. The molecule has 2 atom stereocenters. The van der Waals surface area contributed by atoms with Gasteiger partial charge in [-0.2, -0.15) is 0 Å². The lowest BCUT2D eigenvalue weighted by Crippen LogP contribution is -2.40. The van der Waals surface area contributed by atoms with Gasteiger partial charge >= 0.3 is 11.9 Å². The van der Waals surface area contributed by atoms with Crippen LogP contribution in [0.25, 0.3) is 0 Å². The third-order valence-corrected chi connectivity index (χ3v) is 5.70. The summed E-state index contributed by atoms with van der Waals surface area (Å²) in [5.74, 6) is -1.99. The second-order valence-corrected chi connectivity index (χ2v) is 8.17. The van der Waals surface area contributed by atoms with Crippen molar-refractivity contribution in [2.75, 3.05) is 13.2 Å². The number of carboxylic acids is 1. The number of carbonyl (C=O) groups is 2. The molecule has 0 bridgehead atoms. The monoisotopic (exact) mass is 402 g/mol. The maximum Gasteiger partial charge on any atom is 0.336 e. The van der Waals surface area contributed by atoms with Crippen LogP contribution in [0.5, 0.6) is 0 Å². The molecular weight excluding hydrogens is 360 g/mol. The summed E-state index contributed by atoms with van der Waals surface area (Å²) < 4.78 is 5.11. The molecule has 166 valence electrons. The maximum atomic E-state index is 12.7. The first kappa shape index (κ1) is 26.9. The van der Waals surface area contributed by atoms with Crippen LogP contribution in [-0.4, -0.2) is 46.6 Å². The van der Waals surface area contributed by atoms with Crippen molar-refractivity contribution in [1.82, 2.24) is 0 Å². The highest BCUT2D eigenvalue weighted by Crippen LogP contribution is 2.38. The molecule has 3 N–H and O–H groups in total. The van der Waals surface area contributed by atoms with Gasteiger partial charge in [-0.05, 0) is 18.8 Å². The van der Waals surface area contributed by atoms with E-state index in [1.807, 2.05) is 13.8 Å². The van der Waals surface area contributed by atoms with Gasteiger partial charge in [-0.1, -0.05) is 85.0 Å². The largest absolute Gasteiger partial charge is 0.479 e. The molecule has 2 unspecified atom stereocenters. The fourth-order valence-electron chi connectivity index (χ4n) is 3.64. The topological polar surface area (TPSA) is 104 Å². The van der Waals surface area contributed by atoms with E-state index in [9.17, 15) is 19.8 Å². The zero-order valence-electron chi connectivity index (χ0n) is 18.1. The first-order chi connectivity index (χ1) is 13.3. The van der Waals surface area contributed by atoms with Gasteiger partial charge in [0.2, 0.25) is 0 Å². The summed E-state index contributed by atoms with van der Waals surface area (Å²) in [6, 6.07) is 0. The van der Waals surface area contributed by atoms with Crippen LogP contribution in [0.1, 0.15) is 97.8 Å². The molecule has 0 rings (SSSR count). The van der Waals surface area contributed by atoms with Gasteiger partial charge in [-0.3, -0.25) is 4.79 Å². The normalized spacial score (nSPS) is 14.6. The lowest BCUT2D eigenvalue weighted by molar-refractivity contribution is -0.167. The number of aliphatic carboxylic acids is 1. The summed E-state index contributed by atoms with van der Waals surface area (Å²) >= 11 is 0. The van der Waals surface area contributed by atoms with Gasteiger partial charge in [0.05, 0.1) is 5.41 Å². The molecule has 0 fully saturated rings. The van der Waals surface area contributed by atoms with Crippen molar-refractivity contribution in [2.24, 2.45) is 11.3 Å². The van der Waals surface area contributed by atoms with E-state index in [-0.39, 0.29) is 18.9 Å². The minimum Gasteiger partial charge on any atom is -0.479 e. The molecule has 0 aliphatic carbocycles. The molecule has 0 aliphatic heterocycles. The molecule has 0 aromatic carbocycles. The summed E-state index contributed by atoms with van der Waals surface area (Å²) in [6.07, 6.45) is 11.2. The molecule has 0 aliphatic rings. The van der Waals surface area contributed by atoms with Crippen molar-refractivity contribution in [3.8, 4) is 0 Å². The Morgan fingerprint density at radius 1 is 0.893 bits per heavy atom. The maximum absolute atomic E-state index is 12.7. The van der Waals surface area contributed by atoms with Gasteiger partial charge < -0.3 is 20.1 Å². The number of unbranched alkanes of at least 4 members (excludes halogenated alkanes) is 9. The number of carbonyl (C=O) groups excluding carboxylic acids is 1. The van der Waals surface area contributed by atoms with E-state index in [0.29, 0.717) is 6.42 Å². The van der Waals surface area contributed by atoms with E-state index in [2.05, 4.69) is 6.92 Å². The number of aliphatic hydroxyl groups excluding tert-OH is 2. The molecule has 0 aromatic heterocycles. The first-order valence-corrected chi connectivity index (χ1v) is 11.0. The summed E-state index contributed by atoms with van der Waals surface area (Å²) in [5.41, 5.74) is -0.840. The van der Waals surface area contributed by atoms with E-state index >= 15 is 0 Å². The number of hydrogen-bond donors (Lipinski definition) is 3. The fourth-order valence-corrected chi connectivity index (χ4v) is 3.64. The van der Waals surface area contributed by atoms with E-state index in [4.69, 9.17) is 9.84 Å². The molecule has 6 nitrogen and oxygen atoms in total. The van der Waals surface area contributed by atoms with Crippen molar-refractivity contribution < 1.29 is 29.6 Å². The number of esters is 1. The Hall–Kier alpha value is -1.14. The quantitative estimate of drug-likeness (QED) is 0.233. The lowest BCUT2D eigenvalue weighted by Gasteiger charge is -2.35. The van der Waals surface area contributed by atoms with Gasteiger partial charge in [-0.15, -0.1) is 0 Å². The molecule has 0 saturated carbocycles. The molecule has 28 heavy (non-hydrogen) atoms. The van der Waals surface area contributed by atoms with Crippen molar-refractivity contribution >= 4 is 11.9 Å². The molecule has 0 heterocycles. The van der Waals surface area contributed by atoms with Crippen LogP contribution in [-0.2, 0) is 14.3 Å². The third kappa shape index (κ3) is 10.4. The van der Waals surface area contributed by atoms with Crippen molar-refractivity contribution in [2.45, 2.75) is 104 Å². The zero-order valence-corrected chi connectivity index (χ0v) is 18.1. The first-order valence-electron chi connectivity index (χ1n) is 11.0. The van der Waals surface area contributed by atoms with Gasteiger partial charge in [0.15, 0.2) is 6.10 Å². The Labute approximate surface area is 170 Å². The SMILES string of the molecule is CCCCCCCCCCCCC(CCO)(C(=O)OCC(O)C(=O)O)C(C)C. The smallest absolute Gasteiger partial charge is 0.336 e.